The highest BCUT2D eigenvalue weighted by atomic mass is 16.6. The summed E-state index contributed by atoms with van der Waals surface area (Å²) in [6, 6.07) is 9.79. The summed E-state index contributed by atoms with van der Waals surface area (Å²) in [5.41, 5.74) is 0.990. The molecular weight excluding hydrogens is 230 g/mol. The summed E-state index contributed by atoms with van der Waals surface area (Å²) in [4.78, 5) is 13.7. The molecule has 1 unspecified atom stereocenters. The van der Waals surface area contributed by atoms with Crippen LogP contribution in [0.2, 0.25) is 0 Å². The van der Waals surface area contributed by atoms with E-state index in [1.165, 1.54) is 0 Å². The topological polar surface area (TPSA) is 49.8 Å². The number of likely N-dealkylation sites (tertiary alicyclic amines) is 1. The van der Waals surface area contributed by atoms with E-state index in [2.05, 4.69) is 0 Å². The second-order valence-corrected chi connectivity index (χ2v) is 4.54. The van der Waals surface area contributed by atoms with E-state index in [4.69, 9.17) is 9.84 Å². The first-order valence-corrected chi connectivity index (χ1v) is 6.39. The maximum absolute atomic E-state index is 11.9. The molecule has 1 amide bonds. The average Bonchev–Trinajstić information content (AvgIpc) is 2.86. The fraction of sp³-hybridized carbons (Fsp3) is 0.500. The van der Waals surface area contributed by atoms with Crippen LogP contribution in [-0.2, 0) is 11.3 Å². The standard InChI is InChI=1S/C14H19NO3/c16-10-8-13-7-4-9-15(13)14(17)18-11-12-5-2-1-3-6-12/h1-3,5-6,13,16H,4,7-11H2. The molecule has 0 radical (unpaired) electrons. The number of aliphatic hydroxyl groups excluding tert-OH is 1. The summed E-state index contributed by atoms with van der Waals surface area (Å²) >= 11 is 0. The molecule has 0 bridgehead atoms. The lowest BCUT2D eigenvalue weighted by Gasteiger charge is -2.23. The Morgan fingerprint density at radius 3 is 2.89 bits per heavy atom. The summed E-state index contributed by atoms with van der Waals surface area (Å²) in [5.74, 6) is 0. The summed E-state index contributed by atoms with van der Waals surface area (Å²) in [6.45, 7) is 1.16. The minimum absolute atomic E-state index is 0.118. The monoisotopic (exact) mass is 249 g/mol. The predicted octanol–water partition coefficient (Wildman–Crippen LogP) is 2.17. The fourth-order valence-corrected chi connectivity index (χ4v) is 2.33. The van der Waals surface area contributed by atoms with Crippen molar-refractivity contribution in [3.8, 4) is 0 Å². The van der Waals surface area contributed by atoms with Crippen LogP contribution in [0.3, 0.4) is 0 Å². The molecule has 0 saturated carbocycles. The van der Waals surface area contributed by atoms with Crippen LogP contribution in [0.1, 0.15) is 24.8 Å². The van der Waals surface area contributed by atoms with Gasteiger partial charge in [-0.2, -0.15) is 0 Å². The van der Waals surface area contributed by atoms with Gasteiger partial charge in [0.2, 0.25) is 0 Å². The number of ether oxygens (including phenoxy) is 1. The molecule has 1 fully saturated rings. The SMILES string of the molecule is O=C(OCc1ccccc1)N1CCCC1CCO. The summed E-state index contributed by atoms with van der Waals surface area (Å²) in [5, 5.41) is 8.96. The molecule has 1 aliphatic heterocycles. The van der Waals surface area contributed by atoms with Crippen LogP contribution < -0.4 is 0 Å². The number of hydrogen-bond donors (Lipinski definition) is 1. The van der Waals surface area contributed by atoms with E-state index < -0.39 is 0 Å². The highest BCUT2D eigenvalue weighted by Crippen LogP contribution is 2.21. The molecule has 4 heteroatoms. The Balaban J connectivity index is 1.84. The average molecular weight is 249 g/mol. The van der Waals surface area contributed by atoms with Gasteiger partial charge in [-0.1, -0.05) is 30.3 Å². The van der Waals surface area contributed by atoms with Crippen LogP contribution in [-0.4, -0.2) is 35.3 Å². The molecule has 2 rings (SSSR count). The van der Waals surface area contributed by atoms with Gasteiger partial charge in [-0.3, -0.25) is 0 Å². The van der Waals surface area contributed by atoms with Crippen LogP contribution in [0.4, 0.5) is 4.79 Å². The van der Waals surface area contributed by atoms with Crippen LogP contribution >= 0.6 is 0 Å². The number of nitrogens with zero attached hydrogens (tertiary/aromatic N) is 1. The van der Waals surface area contributed by atoms with Crippen molar-refractivity contribution in [3.63, 3.8) is 0 Å². The van der Waals surface area contributed by atoms with Gasteiger partial charge in [-0.05, 0) is 24.8 Å². The highest BCUT2D eigenvalue weighted by Gasteiger charge is 2.29. The Morgan fingerprint density at radius 1 is 1.39 bits per heavy atom. The second kappa shape index (κ2) is 6.40. The smallest absolute Gasteiger partial charge is 0.410 e. The van der Waals surface area contributed by atoms with Crippen molar-refractivity contribution in [3.05, 3.63) is 35.9 Å². The lowest BCUT2D eigenvalue weighted by molar-refractivity contribution is 0.0875. The van der Waals surface area contributed by atoms with Gasteiger partial charge in [0.05, 0.1) is 0 Å². The van der Waals surface area contributed by atoms with Crippen LogP contribution in [0.5, 0.6) is 0 Å². The van der Waals surface area contributed by atoms with Crippen LogP contribution in [0.15, 0.2) is 30.3 Å². The quantitative estimate of drug-likeness (QED) is 0.889. The third kappa shape index (κ3) is 3.23. The molecule has 1 aromatic carbocycles. The van der Waals surface area contributed by atoms with Crippen molar-refractivity contribution in [1.29, 1.82) is 0 Å². The van der Waals surface area contributed by atoms with Gasteiger partial charge in [-0.15, -0.1) is 0 Å². The van der Waals surface area contributed by atoms with Crippen molar-refractivity contribution >= 4 is 6.09 Å². The molecule has 0 spiro atoms. The number of hydrogen-bond acceptors (Lipinski definition) is 3. The number of rotatable bonds is 4. The molecule has 0 aromatic heterocycles. The molecule has 1 saturated heterocycles. The maximum Gasteiger partial charge on any atom is 0.410 e. The molecule has 1 atom stereocenters. The molecule has 1 heterocycles. The van der Waals surface area contributed by atoms with Crippen molar-refractivity contribution < 1.29 is 14.6 Å². The number of benzene rings is 1. The first-order valence-electron chi connectivity index (χ1n) is 6.39. The molecule has 18 heavy (non-hydrogen) atoms. The summed E-state index contributed by atoms with van der Waals surface area (Å²) in [7, 11) is 0. The second-order valence-electron chi connectivity index (χ2n) is 4.54. The minimum Gasteiger partial charge on any atom is -0.445 e. The predicted molar refractivity (Wildman–Crippen MR) is 68.1 cm³/mol. The maximum atomic E-state index is 11.9. The molecule has 4 nitrogen and oxygen atoms in total. The molecule has 98 valence electrons. The van der Waals surface area contributed by atoms with Gasteiger partial charge in [0.15, 0.2) is 0 Å². The largest absolute Gasteiger partial charge is 0.445 e. The van der Waals surface area contributed by atoms with Gasteiger partial charge >= 0.3 is 6.09 Å². The first-order chi connectivity index (χ1) is 8.81. The van der Waals surface area contributed by atoms with Gasteiger partial charge < -0.3 is 14.7 Å². The van der Waals surface area contributed by atoms with E-state index in [1.54, 1.807) is 4.90 Å². The van der Waals surface area contributed by atoms with Crippen molar-refractivity contribution in [1.82, 2.24) is 4.90 Å². The van der Waals surface area contributed by atoms with Gasteiger partial charge in [0, 0.05) is 19.2 Å². The Morgan fingerprint density at radius 2 is 2.17 bits per heavy atom. The van der Waals surface area contributed by atoms with Crippen LogP contribution in [0.25, 0.3) is 0 Å². The minimum atomic E-state index is -0.269. The van der Waals surface area contributed by atoms with Gasteiger partial charge in [0.25, 0.3) is 0 Å². The zero-order chi connectivity index (χ0) is 12.8. The zero-order valence-electron chi connectivity index (χ0n) is 10.4. The summed E-state index contributed by atoms with van der Waals surface area (Å²) < 4.78 is 5.29. The normalized spacial score (nSPS) is 18.9. The van der Waals surface area contributed by atoms with E-state index in [-0.39, 0.29) is 18.7 Å². The number of amides is 1. The Bertz CT molecular complexity index is 380. The van der Waals surface area contributed by atoms with E-state index in [0.29, 0.717) is 13.0 Å². The molecule has 1 aliphatic rings. The molecular formula is C14H19NO3. The van der Waals surface area contributed by atoms with E-state index in [0.717, 1.165) is 24.9 Å². The Kier molecular flexibility index (Phi) is 4.59. The molecule has 1 N–H and O–H groups in total. The Hall–Kier alpha value is -1.55. The highest BCUT2D eigenvalue weighted by molar-refractivity contribution is 5.68. The van der Waals surface area contributed by atoms with Gasteiger partial charge in [0.1, 0.15) is 6.61 Å². The Labute approximate surface area is 107 Å². The fourth-order valence-electron chi connectivity index (χ4n) is 2.33. The zero-order valence-corrected chi connectivity index (χ0v) is 10.4. The third-order valence-corrected chi connectivity index (χ3v) is 3.28. The number of aliphatic hydroxyl groups is 1. The van der Waals surface area contributed by atoms with E-state index in [9.17, 15) is 4.79 Å². The van der Waals surface area contributed by atoms with Crippen molar-refractivity contribution in [2.24, 2.45) is 0 Å². The number of carbonyl (C=O) groups is 1. The first kappa shape index (κ1) is 12.9. The lowest BCUT2D eigenvalue weighted by atomic mass is 10.1. The van der Waals surface area contributed by atoms with Crippen molar-refractivity contribution in [2.45, 2.75) is 31.9 Å². The molecule has 1 aromatic rings. The van der Waals surface area contributed by atoms with Crippen molar-refractivity contribution in [2.75, 3.05) is 13.2 Å². The van der Waals surface area contributed by atoms with Crippen LogP contribution in [0, 0.1) is 0 Å². The van der Waals surface area contributed by atoms with Gasteiger partial charge in [-0.25, -0.2) is 4.79 Å². The molecule has 0 aliphatic carbocycles. The third-order valence-electron chi connectivity index (χ3n) is 3.28. The van der Waals surface area contributed by atoms with E-state index >= 15 is 0 Å². The lowest BCUT2D eigenvalue weighted by Crippen LogP contribution is -2.36. The summed E-state index contributed by atoms with van der Waals surface area (Å²) in [6.07, 6.45) is 2.32. The number of carbonyl (C=O) groups excluding carboxylic acids is 1. The van der Waals surface area contributed by atoms with E-state index in [1.807, 2.05) is 30.3 Å².